The van der Waals surface area contributed by atoms with Gasteiger partial charge < -0.3 is 5.73 Å². The number of benzene rings is 1. The van der Waals surface area contributed by atoms with E-state index >= 15 is 0 Å². The zero-order valence-corrected chi connectivity index (χ0v) is 8.45. The second-order valence-electron chi connectivity index (χ2n) is 3.02. The first kappa shape index (κ1) is 9.73. The summed E-state index contributed by atoms with van der Waals surface area (Å²) < 4.78 is 0. The van der Waals surface area contributed by atoms with Crippen LogP contribution in [-0.4, -0.2) is 10.2 Å². The number of nitrogens with one attached hydrogen (secondary N) is 1. The number of hydrogen-bond donors (Lipinski definition) is 2. The maximum Gasteiger partial charge on any atom is 0.287 e. The summed E-state index contributed by atoms with van der Waals surface area (Å²) in [5.41, 5.74) is 6.50. The van der Waals surface area contributed by atoms with Crippen LogP contribution in [0.25, 0.3) is 11.3 Å². The first-order valence-corrected chi connectivity index (χ1v) is 4.66. The van der Waals surface area contributed by atoms with Gasteiger partial charge >= 0.3 is 0 Å². The average Bonchev–Trinajstić information content (AvgIpc) is 2.23. The summed E-state index contributed by atoms with van der Waals surface area (Å²) in [6, 6.07) is 8.72. The van der Waals surface area contributed by atoms with Crippen molar-refractivity contribution in [2.45, 2.75) is 0 Å². The summed E-state index contributed by atoms with van der Waals surface area (Å²) in [4.78, 5) is 11.0. The van der Waals surface area contributed by atoms with Gasteiger partial charge in [0.05, 0.1) is 10.7 Å². The Kier molecular flexibility index (Phi) is 2.43. The van der Waals surface area contributed by atoms with Crippen LogP contribution in [-0.2, 0) is 0 Å². The Morgan fingerprint density at radius 3 is 2.73 bits per heavy atom. The van der Waals surface area contributed by atoms with E-state index in [9.17, 15) is 4.79 Å². The van der Waals surface area contributed by atoms with E-state index in [1.165, 1.54) is 6.07 Å². The van der Waals surface area contributed by atoms with E-state index < -0.39 is 5.56 Å². The van der Waals surface area contributed by atoms with Gasteiger partial charge in [-0.15, -0.1) is 0 Å². The number of nitrogen functional groups attached to an aromatic ring is 1. The molecule has 2 rings (SSSR count). The van der Waals surface area contributed by atoms with Crippen molar-refractivity contribution >= 4 is 17.3 Å². The molecular weight excluding hydrogens is 214 g/mol. The van der Waals surface area contributed by atoms with E-state index in [1.807, 2.05) is 18.2 Å². The van der Waals surface area contributed by atoms with Crippen LogP contribution >= 0.6 is 11.6 Å². The molecule has 15 heavy (non-hydrogen) atoms. The molecule has 1 aromatic heterocycles. The zero-order valence-electron chi connectivity index (χ0n) is 7.70. The molecule has 4 nitrogen and oxygen atoms in total. The Bertz CT molecular complexity index is 550. The highest BCUT2D eigenvalue weighted by atomic mass is 35.5. The number of nitrogens with two attached hydrogens (primary N) is 1. The second kappa shape index (κ2) is 3.74. The molecular formula is C10H8ClN3O. The van der Waals surface area contributed by atoms with Crippen molar-refractivity contribution < 1.29 is 0 Å². The Morgan fingerprint density at radius 1 is 1.33 bits per heavy atom. The van der Waals surface area contributed by atoms with E-state index in [2.05, 4.69) is 10.2 Å². The topological polar surface area (TPSA) is 71.8 Å². The normalized spacial score (nSPS) is 10.2. The number of rotatable bonds is 1. The number of aromatic nitrogens is 2. The number of nitrogens with zero attached hydrogens (tertiary/aromatic N) is 1. The van der Waals surface area contributed by atoms with Crippen molar-refractivity contribution in [2.75, 3.05) is 5.73 Å². The van der Waals surface area contributed by atoms with E-state index in [0.29, 0.717) is 10.7 Å². The van der Waals surface area contributed by atoms with Crippen molar-refractivity contribution in [2.24, 2.45) is 0 Å². The lowest BCUT2D eigenvalue weighted by Crippen LogP contribution is -2.13. The highest BCUT2D eigenvalue weighted by Crippen LogP contribution is 2.25. The Labute approximate surface area is 90.7 Å². The summed E-state index contributed by atoms with van der Waals surface area (Å²) in [6.45, 7) is 0. The number of aromatic amines is 1. The molecule has 0 atom stereocenters. The zero-order chi connectivity index (χ0) is 10.8. The van der Waals surface area contributed by atoms with Crippen LogP contribution in [0.3, 0.4) is 0 Å². The minimum atomic E-state index is -0.397. The monoisotopic (exact) mass is 221 g/mol. The summed E-state index contributed by atoms with van der Waals surface area (Å²) in [5.74, 6) is 0. The minimum absolute atomic E-state index is 0.125. The predicted molar refractivity (Wildman–Crippen MR) is 59.7 cm³/mol. The lowest BCUT2D eigenvalue weighted by atomic mass is 10.1. The second-order valence-corrected chi connectivity index (χ2v) is 3.42. The highest BCUT2D eigenvalue weighted by Gasteiger charge is 2.05. The Hall–Kier alpha value is -1.81. The molecule has 0 saturated heterocycles. The molecule has 1 heterocycles. The molecule has 0 bridgehead atoms. The smallest absolute Gasteiger partial charge is 0.287 e. The maximum absolute atomic E-state index is 11.0. The van der Waals surface area contributed by atoms with E-state index in [1.54, 1.807) is 6.07 Å². The molecule has 3 N–H and O–H groups in total. The number of anilines is 1. The van der Waals surface area contributed by atoms with Crippen LogP contribution in [0.15, 0.2) is 35.1 Å². The first-order valence-electron chi connectivity index (χ1n) is 4.28. The predicted octanol–water partition coefficient (Wildman–Crippen LogP) is 1.67. The van der Waals surface area contributed by atoms with Crippen molar-refractivity contribution in [1.82, 2.24) is 10.2 Å². The van der Waals surface area contributed by atoms with E-state index in [4.69, 9.17) is 17.3 Å². The first-order chi connectivity index (χ1) is 7.18. The van der Waals surface area contributed by atoms with Gasteiger partial charge in [0, 0.05) is 5.56 Å². The van der Waals surface area contributed by atoms with Gasteiger partial charge in [0.15, 0.2) is 0 Å². The van der Waals surface area contributed by atoms with Crippen molar-refractivity contribution in [1.29, 1.82) is 0 Å². The summed E-state index contributed by atoms with van der Waals surface area (Å²) in [5, 5.41) is 6.74. The molecule has 0 spiro atoms. The fourth-order valence-corrected chi connectivity index (χ4v) is 1.46. The van der Waals surface area contributed by atoms with Gasteiger partial charge in [0.25, 0.3) is 5.56 Å². The van der Waals surface area contributed by atoms with Gasteiger partial charge in [-0.05, 0) is 12.1 Å². The van der Waals surface area contributed by atoms with Crippen molar-refractivity contribution in [3.63, 3.8) is 0 Å². The standard InChI is InChI=1S/C10H8ClN3O/c11-7-4-2-1-3-6(7)9-5-8(12)10(15)14-13-9/h1-5H,(H2,12,13)(H,14,15). The van der Waals surface area contributed by atoms with Gasteiger partial charge in [0.1, 0.15) is 5.69 Å². The third kappa shape index (κ3) is 1.85. The average molecular weight is 222 g/mol. The molecule has 5 heteroatoms. The third-order valence-corrected chi connectivity index (χ3v) is 2.31. The van der Waals surface area contributed by atoms with E-state index in [0.717, 1.165) is 5.56 Å². The Morgan fingerprint density at radius 2 is 2.07 bits per heavy atom. The largest absolute Gasteiger partial charge is 0.394 e. The fourth-order valence-electron chi connectivity index (χ4n) is 1.23. The minimum Gasteiger partial charge on any atom is -0.394 e. The summed E-state index contributed by atoms with van der Waals surface area (Å²) >= 11 is 5.98. The molecule has 0 fully saturated rings. The van der Waals surface area contributed by atoms with Crippen molar-refractivity contribution in [3.8, 4) is 11.3 Å². The molecule has 2 aromatic rings. The van der Waals surface area contributed by atoms with Gasteiger partial charge in [-0.25, -0.2) is 5.10 Å². The molecule has 0 aliphatic rings. The van der Waals surface area contributed by atoms with Crippen LogP contribution in [0.5, 0.6) is 0 Å². The van der Waals surface area contributed by atoms with Crippen LogP contribution in [0.1, 0.15) is 0 Å². The molecule has 0 aliphatic heterocycles. The van der Waals surface area contributed by atoms with Crippen LogP contribution in [0.2, 0.25) is 5.02 Å². The molecule has 1 aromatic carbocycles. The van der Waals surface area contributed by atoms with Gasteiger partial charge in [0.2, 0.25) is 0 Å². The van der Waals surface area contributed by atoms with Gasteiger partial charge in [-0.1, -0.05) is 29.8 Å². The number of hydrogen-bond acceptors (Lipinski definition) is 3. The Balaban J connectivity index is 2.60. The quantitative estimate of drug-likeness (QED) is 0.770. The van der Waals surface area contributed by atoms with Gasteiger partial charge in [-0.3, -0.25) is 4.79 Å². The maximum atomic E-state index is 11.0. The molecule has 76 valence electrons. The highest BCUT2D eigenvalue weighted by molar-refractivity contribution is 6.33. The number of halogens is 1. The van der Waals surface area contributed by atoms with Crippen LogP contribution in [0, 0.1) is 0 Å². The molecule has 0 radical (unpaired) electrons. The summed E-state index contributed by atoms with van der Waals surface area (Å²) in [6.07, 6.45) is 0. The van der Waals surface area contributed by atoms with Crippen LogP contribution < -0.4 is 11.3 Å². The molecule has 0 amide bonds. The lowest BCUT2D eigenvalue weighted by molar-refractivity contribution is 1.000. The molecule has 0 aliphatic carbocycles. The third-order valence-electron chi connectivity index (χ3n) is 1.98. The number of H-pyrrole nitrogens is 1. The van der Waals surface area contributed by atoms with E-state index in [-0.39, 0.29) is 5.69 Å². The summed E-state index contributed by atoms with van der Waals surface area (Å²) in [7, 11) is 0. The van der Waals surface area contributed by atoms with Crippen LogP contribution in [0.4, 0.5) is 5.69 Å². The molecule has 0 saturated carbocycles. The van der Waals surface area contributed by atoms with Crippen molar-refractivity contribution in [3.05, 3.63) is 45.7 Å². The van der Waals surface area contributed by atoms with Gasteiger partial charge in [-0.2, -0.15) is 5.10 Å². The fraction of sp³-hybridized carbons (Fsp3) is 0. The lowest BCUT2D eigenvalue weighted by Gasteiger charge is -2.02. The SMILES string of the molecule is Nc1cc(-c2ccccc2Cl)n[nH]c1=O. The molecule has 0 unspecified atom stereocenters.